The molecule has 4 rings (SSSR count). The van der Waals surface area contributed by atoms with Crippen LogP contribution in [0.25, 0.3) is 0 Å². The molecule has 3 heterocycles. The number of rotatable bonds is 4. The Hall–Kier alpha value is -2.51. The lowest BCUT2D eigenvalue weighted by atomic mass is 10.0. The first-order valence-electron chi connectivity index (χ1n) is 9.44. The highest BCUT2D eigenvalue weighted by atomic mass is 16.7. The molecule has 0 unspecified atom stereocenters. The number of piperidine rings is 1. The third-order valence-electron chi connectivity index (χ3n) is 5.16. The van der Waals surface area contributed by atoms with Gasteiger partial charge in [0.05, 0.1) is 13.2 Å². The van der Waals surface area contributed by atoms with Crippen LogP contribution in [-0.2, 0) is 9.47 Å². The number of aromatic nitrogens is 2. The fourth-order valence-electron chi connectivity index (χ4n) is 3.66. The van der Waals surface area contributed by atoms with Crippen LogP contribution in [0.2, 0.25) is 0 Å². The minimum atomic E-state index is -0.406. The van der Waals surface area contributed by atoms with E-state index in [1.54, 1.807) is 11.0 Å². The van der Waals surface area contributed by atoms with Crippen LogP contribution in [-0.4, -0.2) is 54.7 Å². The van der Waals surface area contributed by atoms with Crippen molar-refractivity contribution in [3.05, 3.63) is 48.2 Å². The average Bonchev–Trinajstić information content (AvgIpc) is 3.18. The summed E-state index contributed by atoms with van der Waals surface area (Å²) >= 11 is 0. The van der Waals surface area contributed by atoms with Gasteiger partial charge in [0.25, 0.3) is 5.91 Å². The highest BCUT2D eigenvalue weighted by Crippen LogP contribution is 2.32. The summed E-state index contributed by atoms with van der Waals surface area (Å²) in [6.45, 7) is 5.46. The molecule has 0 saturated carbocycles. The van der Waals surface area contributed by atoms with Crippen molar-refractivity contribution >= 4 is 17.4 Å². The molecule has 0 aliphatic carbocycles. The largest absolute Gasteiger partial charge is 0.355 e. The monoisotopic (exact) mass is 368 g/mol. The van der Waals surface area contributed by atoms with E-state index in [1.165, 1.54) is 0 Å². The summed E-state index contributed by atoms with van der Waals surface area (Å²) in [5, 5.41) is 8.49. The van der Waals surface area contributed by atoms with Gasteiger partial charge in [0.15, 0.2) is 17.3 Å². The zero-order valence-electron chi connectivity index (χ0n) is 15.5. The predicted octanol–water partition coefficient (Wildman–Crippen LogP) is 2.49. The molecular weight excluding hydrogens is 344 g/mol. The number of hydrogen-bond donors (Lipinski definition) is 0. The maximum absolute atomic E-state index is 12.8. The number of amides is 1. The minimum absolute atomic E-state index is 0.145. The first kappa shape index (κ1) is 17.9. The smallest absolute Gasteiger partial charge is 0.278 e. The normalized spacial score (nSPS) is 18.6. The number of anilines is 2. The van der Waals surface area contributed by atoms with E-state index in [1.807, 2.05) is 43.3 Å². The molecule has 1 amide bonds. The van der Waals surface area contributed by atoms with E-state index in [0.29, 0.717) is 25.5 Å². The van der Waals surface area contributed by atoms with E-state index in [4.69, 9.17) is 9.47 Å². The molecular formula is C20H24N4O3. The van der Waals surface area contributed by atoms with Crippen molar-refractivity contribution in [2.75, 3.05) is 42.6 Å². The number of carbonyl (C=O) groups excluding carboxylic acids is 1. The van der Waals surface area contributed by atoms with Gasteiger partial charge in [-0.3, -0.25) is 4.79 Å². The maximum atomic E-state index is 12.8. The molecule has 0 bridgehead atoms. The highest BCUT2D eigenvalue weighted by Gasteiger charge is 2.40. The predicted molar refractivity (Wildman–Crippen MR) is 102 cm³/mol. The molecule has 2 aliphatic rings. The Balaban J connectivity index is 1.43. The second-order valence-corrected chi connectivity index (χ2v) is 6.76. The third-order valence-corrected chi connectivity index (χ3v) is 5.16. The second-order valence-electron chi connectivity index (χ2n) is 6.76. The van der Waals surface area contributed by atoms with Gasteiger partial charge in [-0.1, -0.05) is 18.2 Å². The quantitative estimate of drug-likeness (QED) is 0.826. The Bertz CT molecular complexity index is 766. The molecule has 7 nitrogen and oxygen atoms in total. The van der Waals surface area contributed by atoms with E-state index in [2.05, 4.69) is 15.1 Å². The lowest BCUT2D eigenvalue weighted by Gasteiger charge is -2.37. The van der Waals surface area contributed by atoms with Crippen molar-refractivity contribution in [1.29, 1.82) is 0 Å². The van der Waals surface area contributed by atoms with Gasteiger partial charge in [0.2, 0.25) is 0 Å². The van der Waals surface area contributed by atoms with E-state index < -0.39 is 5.79 Å². The molecule has 2 saturated heterocycles. The van der Waals surface area contributed by atoms with Gasteiger partial charge in [0, 0.05) is 38.2 Å². The number of carbonyl (C=O) groups is 1. The van der Waals surface area contributed by atoms with E-state index in [0.717, 1.165) is 37.4 Å². The summed E-state index contributed by atoms with van der Waals surface area (Å²) in [4.78, 5) is 16.7. The number of nitrogens with zero attached hydrogens (tertiary/aromatic N) is 4. The van der Waals surface area contributed by atoms with Gasteiger partial charge in [-0.15, -0.1) is 10.2 Å². The highest BCUT2D eigenvalue weighted by molar-refractivity contribution is 6.04. The van der Waals surface area contributed by atoms with Crippen molar-refractivity contribution in [2.24, 2.45) is 0 Å². The van der Waals surface area contributed by atoms with E-state index in [-0.39, 0.29) is 5.91 Å². The lowest BCUT2D eigenvalue weighted by molar-refractivity contribution is -0.169. The zero-order chi connectivity index (χ0) is 18.7. The molecule has 0 N–H and O–H groups in total. The zero-order valence-corrected chi connectivity index (χ0v) is 15.5. The number of para-hydroxylation sites is 1. The van der Waals surface area contributed by atoms with Crippen LogP contribution in [0.4, 0.5) is 11.5 Å². The minimum Gasteiger partial charge on any atom is -0.355 e. The summed E-state index contributed by atoms with van der Waals surface area (Å²) in [6.07, 6.45) is 1.62. The summed E-state index contributed by atoms with van der Waals surface area (Å²) in [7, 11) is 0. The molecule has 1 spiro atoms. The average molecular weight is 368 g/mol. The van der Waals surface area contributed by atoms with Gasteiger partial charge < -0.3 is 19.3 Å². The van der Waals surface area contributed by atoms with Crippen LogP contribution in [0.1, 0.15) is 30.3 Å². The molecule has 27 heavy (non-hydrogen) atoms. The summed E-state index contributed by atoms with van der Waals surface area (Å²) < 4.78 is 11.5. The Kier molecular flexibility index (Phi) is 5.05. The van der Waals surface area contributed by atoms with Gasteiger partial charge in [-0.2, -0.15) is 0 Å². The molecule has 2 aliphatic heterocycles. The summed E-state index contributed by atoms with van der Waals surface area (Å²) in [6, 6.07) is 13.2. The van der Waals surface area contributed by atoms with Gasteiger partial charge >= 0.3 is 0 Å². The van der Waals surface area contributed by atoms with Crippen LogP contribution < -0.4 is 9.80 Å². The summed E-state index contributed by atoms with van der Waals surface area (Å²) in [5.41, 5.74) is 1.20. The van der Waals surface area contributed by atoms with Crippen LogP contribution in [0, 0.1) is 0 Å². The van der Waals surface area contributed by atoms with Crippen molar-refractivity contribution < 1.29 is 14.3 Å². The van der Waals surface area contributed by atoms with Gasteiger partial charge in [0.1, 0.15) is 0 Å². The van der Waals surface area contributed by atoms with Crippen molar-refractivity contribution in [3.8, 4) is 0 Å². The van der Waals surface area contributed by atoms with Crippen molar-refractivity contribution in [2.45, 2.75) is 25.6 Å². The molecule has 0 radical (unpaired) electrons. The molecule has 142 valence electrons. The maximum Gasteiger partial charge on any atom is 0.278 e. The fraction of sp³-hybridized carbons (Fsp3) is 0.450. The van der Waals surface area contributed by atoms with Crippen molar-refractivity contribution in [1.82, 2.24) is 10.2 Å². The van der Waals surface area contributed by atoms with Crippen molar-refractivity contribution in [3.63, 3.8) is 0 Å². The van der Waals surface area contributed by atoms with Crippen LogP contribution >= 0.6 is 0 Å². The Morgan fingerprint density at radius 1 is 1.07 bits per heavy atom. The standard InChI is InChI=1S/C20H24N4O3/c1-2-24(16-6-4-3-5-7-16)19(25)17-8-9-18(22-21-17)23-12-10-20(11-13-23)26-14-15-27-20/h3-9H,2,10-15H2,1H3. The van der Waals surface area contributed by atoms with Crippen LogP contribution in [0.3, 0.4) is 0 Å². The molecule has 7 heteroatoms. The first-order chi connectivity index (χ1) is 13.2. The van der Waals surface area contributed by atoms with Gasteiger partial charge in [-0.25, -0.2) is 0 Å². The molecule has 0 atom stereocenters. The molecule has 2 fully saturated rings. The van der Waals surface area contributed by atoms with Gasteiger partial charge in [-0.05, 0) is 31.2 Å². The van der Waals surface area contributed by atoms with E-state index >= 15 is 0 Å². The third kappa shape index (κ3) is 3.65. The Morgan fingerprint density at radius 3 is 2.37 bits per heavy atom. The Morgan fingerprint density at radius 2 is 1.78 bits per heavy atom. The first-order valence-corrected chi connectivity index (χ1v) is 9.44. The summed E-state index contributed by atoms with van der Waals surface area (Å²) in [5.74, 6) is 0.229. The molecule has 1 aromatic carbocycles. The second kappa shape index (κ2) is 7.62. The number of ether oxygens (including phenoxy) is 2. The lowest BCUT2D eigenvalue weighted by Crippen LogP contribution is -2.45. The fourth-order valence-corrected chi connectivity index (χ4v) is 3.66. The van der Waals surface area contributed by atoms with E-state index in [9.17, 15) is 4.79 Å². The Labute approximate surface area is 158 Å². The van der Waals surface area contributed by atoms with Crippen LogP contribution in [0.5, 0.6) is 0 Å². The number of hydrogen-bond acceptors (Lipinski definition) is 6. The SMILES string of the molecule is CCN(C(=O)c1ccc(N2CCC3(CC2)OCCO3)nn1)c1ccccc1. The van der Waals surface area contributed by atoms with Crippen LogP contribution in [0.15, 0.2) is 42.5 Å². The number of benzene rings is 1. The molecule has 2 aromatic rings. The molecule has 1 aromatic heterocycles. The topological polar surface area (TPSA) is 67.8 Å².